The van der Waals surface area contributed by atoms with Crippen molar-refractivity contribution in [3.05, 3.63) is 0 Å². The Bertz CT molecular complexity index is 145. The summed E-state index contributed by atoms with van der Waals surface area (Å²) in [6.45, 7) is 4.45. The van der Waals surface area contributed by atoms with Gasteiger partial charge in [0.1, 0.15) is 0 Å². The third-order valence-corrected chi connectivity index (χ3v) is 2.88. The van der Waals surface area contributed by atoms with Gasteiger partial charge in [0.2, 0.25) is 0 Å². The topological polar surface area (TPSA) is 24.5 Å². The van der Waals surface area contributed by atoms with Crippen molar-refractivity contribution < 1.29 is 4.74 Å². The largest absolute Gasteiger partial charge is 0.378 e. The van der Waals surface area contributed by atoms with Crippen molar-refractivity contribution >= 4 is 0 Å². The first-order valence-corrected chi connectivity index (χ1v) is 6.26. The molecule has 1 N–H and O–H groups in total. The van der Waals surface area contributed by atoms with Crippen LogP contribution in [0.1, 0.15) is 32.1 Å². The molecule has 0 spiro atoms. The van der Waals surface area contributed by atoms with Gasteiger partial charge in [-0.3, -0.25) is 0 Å². The Morgan fingerprint density at radius 1 is 1.27 bits per heavy atom. The highest BCUT2D eigenvalue weighted by Gasteiger charge is 2.13. The molecule has 1 aliphatic heterocycles. The Hall–Kier alpha value is -0.120. The summed E-state index contributed by atoms with van der Waals surface area (Å²) < 4.78 is 5.57. The third kappa shape index (κ3) is 6.88. The van der Waals surface area contributed by atoms with Crippen LogP contribution in [0.3, 0.4) is 0 Å². The predicted octanol–water partition coefficient (Wildman–Crippen LogP) is 1.49. The molecule has 0 aliphatic carbocycles. The maximum absolute atomic E-state index is 5.57. The van der Waals surface area contributed by atoms with E-state index < -0.39 is 0 Å². The maximum Gasteiger partial charge on any atom is 0.0588 e. The molecule has 1 unspecified atom stereocenters. The first-order chi connectivity index (χ1) is 7.29. The molecule has 0 radical (unpaired) electrons. The number of unbranched alkanes of at least 4 members (excludes halogenated alkanes) is 1. The number of hydrogen-bond donors (Lipinski definition) is 1. The number of hydrogen-bond acceptors (Lipinski definition) is 3. The highest BCUT2D eigenvalue weighted by atomic mass is 16.5. The molecule has 0 saturated carbocycles. The standard InChI is InChI=1S/C12H26N2O/c1-14(2)10-4-3-8-13-9-7-12-6-5-11-15-12/h12-13H,3-11H2,1-2H3. The van der Waals surface area contributed by atoms with Gasteiger partial charge in [-0.05, 0) is 65.8 Å². The SMILES string of the molecule is CN(C)CCCCNCCC1CCCO1. The molecule has 1 fully saturated rings. The maximum atomic E-state index is 5.57. The van der Waals surface area contributed by atoms with Crippen LogP contribution in [0.15, 0.2) is 0 Å². The van der Waals surface area contributed by atoms with Crippen LogP contribution in [0.25, 0.3) is 0 Å². The van der Waals surface area contributed by atoms with Crippen LogP contribution in [0.5, 0.6) is 0 Å². The molecule has 90 valence electrons. The summed E-state index contributed by atoms with van der Waals surface area (Å²) in [4.78, 5) is 2.24. The van der Waals surface area contributed by atoms with E-state index in [1.54, 1.807) is 0 Å². The van der Waals surface area contributed by atoms with Crippen LogP contribution >= 0.6 is 0 Å². The fraction of sp³-hybridized carbons (Fsp3) is 1.00. The molecule has 1 saturated heterocycles. The molecule has 1 heterocycles. The normalized spacial score (nSPS) is 21.4. The lowest BCUT2D eigenvalue weighted by Crippen LogP contribution is -2.22. The van der Waals surface area contributed by atoms with Gasteiger partial charge in [0.05, 0.1) is 6.10 Å². The van der Waals surface area contributed by atoms with Crippen LogP contribution in [-0.4, -0.2) is 51.3 Å². The minimum atomic E-state index is 0.541. The van der Waals surface area contributed by atoms with Gasteiger partial charge in [0, 0.05) is 6.61 Å². The number of rotatable bonds is 8. The Morgan fingerprint density at radius 2 is 2.13 bits per heavy atom. The van der Waals surface area contributed by atoms with Crippen molar-refractivity contribution in [1.82, 2.24) is 10.2 Å². The molecule has 15 heavy (non-hydrogen) atoms. The molecule has 1 rings (SSSR count). The van der Waals surface area contributed by atoms with E-state index >= 15 is 0 Å². The van der Waals surface area contributed by atoms with Gasteiger partial charge in [0.15, 0.2) is 0 Å². The van der Waals surface area contributed by atoms with Gasteiger partial charge < -0.3 is 15.0 Å². The predicted molar refractivity (Wildman–Crippen MR) is 64.2 cm³/mol. The number of nitrogens with one attached hydrogen (secondary N) is 1. The Morgan fingerprint density at radius 3 is 2.80 bits per heavy atom. The highest BCUT2D eigenvalue weighted by molar-refractivity contribution is 4.65. The Balaban J connectivity index is 1.76. The first-order valence-electron chi connectivity index (χ1n) is 6.26. The summed E-state index contributed by atoms with van der Waals surface area (Å²) in [5.74, 6) is 0. The lowest BCUT2D eigenvalue weighted by atomic mass is 10.2. The lowest BCUT2D eigenvalue weighted by Gasteiger charge is -2.11. The molecule has 3 nitrogen and oxygen atoms in total. The summed E-state index contributed by atoms with van der Waals surface area (Å²) in [7, 11) is 4.26. The minimum Gasteiger partial charge on any atom is -0.378 e. The molecular formula is C12H26N2O. The van der Waals surface area contributed by atoms with E-state index in [0.29, 0.717) is 6.10 Å². The molecular weight excluding hydrogens is 188 g/mol. The molecule has 0 aromatic rings. The van der Waals surface area contributed by atoms with E-state index in [1.165, 1.54) is 38.6 Å². The minimum absolute atomic E-state index is 0.541. The Labute approximate surface area is 94.2 Å². The molecule has 1 aliphatic rings. The second-order valence-electron chi connectivity index (χ2n) is 4.68. The fourth-order valence-corrected chi connectivity index (χ4v) is 1.94. The third-order valence-electron chi connectivity index (χ3n) is 2.88. The molecule has 0 amide bonds. The first kappa shape index (κ1) is 12.9. The zero-order chi connectivity index (χ0) is 10.9. The summed E-state index contributed by atoms with van der Waals surface area (Å²) in [6.07, 6.45) is 6.83. The molecule has 3 heteroatoms. The van der Waals surface area contributed by atoms with E-state index in [4.69, 9.17) is 4.74 Å². The van der Waals surface area contributed by atoms with E-state index in [1.807, 2.05) is 0 Å². The van der Waals surface area contributed by atoms with Gasteiger partial charge in [-0.25, -0.2) is 0 Å². The zero-order valence-electron chi connectivity index (χ0n) is 10.3. The van der Waals surface area contributed by atoms with Gasteiger partial charge in [0.25, 0.3) is 0 Å². The van der Waals surface area contributed by atoms with Crippen LogP contribution in [0.2, 0.25) is 0 Å². The monoisotopic (exact) mass is 214 g/mol. The fourth-order valence-electron chi connectivity index (χ4n) is 1.94. The quantitative estimate of drug-likeness (QED) is 0.620. The van der Waals surface area contributed by atoms with Gasteiger partial charge in [-0.2, -0.15) is 0 Å². The summed E-state index contributed by atoms with van der Waals surface area (Å²) in [5.41, 5.74) is 0. The van der Waals surface area contributed by atoms with Crippen molar-refractivity contribution in [1.29, 1.82) is 0 Å². The molecule has 0 aromatic heterocycles. The van der Waals surface area contributed by atoms with Crippen LogP contribution in [-0.2, 0) is 4.74 Å². The molecule has 0 bridgehead atoms. The van der Waals surface area contributed by atoms with E-state index in [-0.39, 0.29) is 0 Å². The highest BCUT2D eigenvalue weighted by Crippen LogP contribution is 2.14. The molecule has 1 atom stereocenters. The summed E-state index contributed by atoms with van der Waals surface area (Å²) in [6, 6.07) is 0. The number of nitrogens with zero attached hydrogens (tertiary/aromatic N) is 1. The van der Waals surface area contributed by atoms with Crippen LogP contribution in [0.4, 0.5) is 0 Å². The van der Waals surface area contributed by atoms with Crippen molar-refractivity contribution in [2.45, 2.75) is 38.2 Å². The summed E-state index contributed by atoms with van der Waals surface area (Å²) >= 11 is 0. The van der Waals surface area contributed by atoms with E-state index in [0.717, 1.165) is 19.7 Å². The second kappa shape index (κ2) is 8.08. The van der Waals surface area contributed by atoms with Gasteiger partial charge in [-0.15, -0.1) is 0 Å². The zero-order valence-corrected chi connectivity index (χ0v) is 10.3. The smallest absolute Gasteiger partial charge is 0.0588 e. The average Bonchev–Trinajstić information content (AvgIpc) is 2.68. The van der Waals surface area contributed by atoms with Crippen molar-refractivity contribution in [3.8, 4) is 0 Å². The lowest BCUT2D eigenvalue weighted by molar-refractivity contribution is 0.104. The molecule has 0 aromatic carbocycles. The van der Waals surface area contributed by atoms with Crippen molar-refractivity contribution in [2.75, 3.05) is 40.3 Å². The van der Waals surface area contributed by atoms with E-state index in [9.17, 15) is 0 Å². The van der Waals surface area contributed by atoms with Crippen LogP contribution in [0, 0.1) is 0 Å². The van der Waals surface area contributed by atoms with E-state index in [2.05, 4.69) is 24.3 Å². The van der Waals surface area contributed by atoms with Crippen molar-refractivity contribution in [2.24, 2.45) is 0 Å². The number of ether oxygens (including phenoxy) is 1. The average molecular weight is 214 g/mol. The van der Waals surface area contributed by atoms with Gasteiger partial charge >= 0.3 is 0 Å². The van der Waals surface area contributed by atoms with Crippen LogP contribution < -0.4 is 5.32 Å². The van der Waals surface area contributed by atoms with Crippen molar-refractivity contribution in [3.63, 3.8) is 0 Å². The Kier molecular flexibility index (Phi) is 6.98. The van der Waals surface area contributed by atoms with Gasteiger partial charge in [-0.1, -0.05) is 0 Å². The second-order valence-corrected chi connectivity index (χ2v) is 4.68. The summed E-state index contributed by atoms with van der Waals surface area (Å²) in [5, 5.41) is 3.49.